The summed E-state index contributed by atoms with van der Waals surface area (Å²) in [5.74, 6) is 0.153. The van der Waals surface area contributed by atoms with E-state index in [-0.39, 0.29) is 5.78 Å². The number of para-hydroxylation sites is 1. The van der Waals surface area contributed by atoms with E-state index in [2.05, 4.69) is 21.0 Å². The fourth-order valence-corrected chi connectivity index (χ4v) is 2.16. The van der Waals surface area contributed by atoms with E-state index in [0.717, 1.165) is 21.4 Å². The first-order chi connectivity index (χ1) is 8.08. The molecule has 0 spiro atoms. The van der Waals surface area contributed by atoms with E-state index in [4.69, 9.17) is 0 Å². The smallest absolute Gasteiger partial charge is 0.134 e. The van der Waals surface area contributed by atoms with Gasteiger partial charge in [0.1, 0.15) is 5.78 Å². The average Bonchev–Trinajstić information content (AvgIpc) is 2.60. The highest BCUT2D eigenvalue weighted by Crippen LogP contribution is 2.21. The van der Waals surface area contributed by atoms with E-state index in [0.29, 0.717) is 6.42 Å². The van der Waals surface area contributed by atoms with Crippen molar-refractivity contribution >= 4 is 21.7 Å². The number of hydrogen-bond acceptors (Lipinski definition) is 2. The average molecular weight is 293 g/mol. The van der Waals surface area contributed by atoms with Gasteiger partial charge < -0.3 is 0 Å². The number of carbonyl (C=O) groups is 1. The van der Waals surface area contributed by atoms with Crippen LogP contribution in [-0.4, -0.2) is 15.6 Å². The van der Waals surface area contributed by atoms with Crippen molar-refractivity contribution in [2.75, 3.05) is 0 Å². The number of halogens is 1. The van der Waals surface area contributed by atoms with Crippen LogP contribution < -0.4 is 0 Å². The van der Waals surface area contributed by atoms with Crippen molar-refractivity contribution in [1.82, 2.24) is 9.78 Å². The molecule has 0 fully saturated rings. The molecular weight excluding hydrogens is 280 g/mol. The van der Waals surface area contributed by atoms with E-state index >= 15 is 0 Å². The monoisotopic (exact) mass is 292 g/mol. The number of rotatable bonds is 3. The molecule has 1 aromatic heterocycles. The van der Waals surface area contributed by atoms with Crippen molar-refractivity contribution < 1.29 is 4.79 Å². The minimum Gasteiger partial charge on any atom is -0.300 e. The van der Waals surface area contributed by atoms with Crippen LogP contribution in [0.1, 0.15) is 18.2 Å². The van der Waals surface area contributed by atoms with Crippen molar-refractivity contribution in [3.8, 4) is 5.69 Å². The van der Waals surface area contributed by atoms with E-state index in [1.165, 1.54) is 0 Å². The van der Waals surface area contributed by atoms with Gasteiger partial charge in [0.15, 0.2) is 0 Å². The van der Waals surface area contributed by atoms with Gasteiger partial charge in [-0.15, -0.1) is 0 Å². The van der Waals surface area contributed by atoms with Crippen LogP contribution in [0.25, 0.3) is 5.69 Å². The van der Waals surface area contributed by atoms with E-state index in [1.54, 1.807) is 11.6 Å². The summed E-state index contributed by atoms with van der Waals surface area (Å²) in [7, 11) is 0. The lowest BCUT2D eigenvalue weighted by Crippen LogP contribution is -1.96. The molecule has 2 aromatic rings. The Morgan fingerprint density at radius 1 is 1.41 bits per heavy atom. The lowest BCUT2D eigenvalue weighted by molar-refractivity contribution is -0.116. The lowest BCUT2D eigenvalue weighted by Gasteiger charge is -2.02. The Balaban J connectivity index is 2.41. The number of carbonyl (C=O) groups excluding carboxylic acids is 1. The highest BCUT2D eigenvalue weighted by molar-refractivity contribution is 9.10. The number of ketones is 1. The Bertz CT molecular complexity index is 560. The summed E-state index contributed by atoms with van der Waals surface area (Å²) >= 11 is 3.49. The van der Waals surface area contributed by atoms with Crippen molar-refractivity contribution in [3.63, 3.8) is 0 Å². The second-order valence-corrected chi connectivity index (χ2v) is 4.87. The van der Waals surface area contributed by atoms with E-state index in [9.17, 15) is 4.79 Å². The van der Waals surface area contributed by atoms with E-state index in [1.807, 2.05) is 37.4 Å². The summed E-state index contributed by atoms with van der Waals surface area (Å²) in [5, 5.41) is 4.43. The fraction of sp³-hybridized carbons (Fsp3) is 0.231. The number of benzene rings is 1. The predicted octanol–water partition coefficient (Wildman–Crippen LogP) is 3.07. The molecule has 1 aromatic carbocycles. The number of aromatic nitrogens is 2. The van der Waals surface area contributed by atoms with Crippen LogP contribution in [0.15, 0.2) is 34.9 Å². The zero-order chi connectivity index (χ0) is 12.4. The topological polar surface area (TPSA) is 34.9 Å². The zero-order valence-electron chi connectivity index (χ0n) is 9.77. The molecule has 0 unspecified atom stereocenters. The third kappa shape index (κ3) is 2.64. The van der Waals surface area contributed by atoms with Crippen molar-refractivity contribution in [2.24, 2.45) is 0 Å². The Labute approximate surface area is 109 Å². The maximum atomic E-state index is 11.1. The van der Waals surface area contributed by atoms with Crippen molar-refractivity contribution in [1.29, 1.82) is 0 Å². The van der Waals surface area contributed by atoms with Gasteiger partial charge in [-0.25, -0.2) is 4.68 Å². The van der Waals surface area contributed by atoms with Crippen LogP contribution in [0.3, 0.4) is 0 Å². The molecule has 0 amide bonds. The Morgan fingerprint density at radius 3 is 2.76 bits per heavy atom. The highest BCUT2D eigenvalue weighted by atomic mass is 79.9. The normalized spacial score (nSPS) is 10.5. The molecule has 1 heterocycles. The van der Waals surface area contributed by atoms with Gasteiger partial charge in [-0.3, -0.25) is 4.79 Å². The fourth-order valence-electron chi connectivity index (χ4n) is 1.70. The third-order valence-corrected chi connectivity index (χ3v) is 3.21. The van der Waals surface area contributed by atoms with Crippen LogP contribution in [0.5, 0.6) is 0 Å². The molecule has 0 atom stereocenters. The summed E-state index contributed by atoms with van der Waals surface area (Å²) in [6.07, 6.45) is 2.35. The molecule has 88 valence electrons. The highest BCUT2D eigenvalue weighted by Gasteiger charge is 2.09. The number of Topliss-reactive ketones (excluding diaryl/α,β-unsaturated/α-hetero) is 1. The second kappa shape index (κ2) is 4.84. The summed E-state index contributed by atoms with van der Waals surface area (Å²) in [4.78, 5) is 11.1. The maximum absolute atomic E-state index is 11.1. The van der Waals surface area contributed by atoms with Crippen LogP contribution in [0.2, 0.25) is 0 Å². The van der Waals surface area contributed by atoms with Crippen LogP contribution in [0, 0.1) is 6.92 Å². The summed E-state index contributed by atoms with van der Waals surface area (Å²) in [6.45, 7) is 3.51. The van der Waals surface area contributed by atoms with E-state index < -0.39 is 0 Å². The largest absolute Gasteiger partial charge is 0.300 e. The van der Waals surface area contributed by atoms with Gasteiger partial charge in [0.05, 0.1) is 11.4 Å². The summed E-state index contributed by atoms with van der Waals surface area (Å²) in [6, 6.07) is 7.87. The Morgan fingerprint density at radius 2 is 2.12 bits per heavy atom. The molecule has 2 rings (SSSR count). The number of hydrogen-bond donors (Lipinski definition) is 0. The third-order valence-electron chi connectivity index (χ3n) is 2.54. The molecule has 0 saturated heterocycles. The SMILES string of the molecule is CC(=O)Cc1cn(-c2ccccc2Br)nc1C. The first kappa shape index (κ1) is 12.0. The molecular formula is C13H13BrN2O. The summed E-state index contributed by atoms with van der Waals surface area (Å²) in [5.41, 5.74) is 2.86. The van der Waals surface area contributed by atoms with Gasteiger partial charge in [-0.05, 0) is 41.9 Å². The first-order valence-electron chi connectivity index (χ1n) is 5.37. The Hall–Kier alpha value is -1.42. The van der Waals surface area contributed by atoms with Crippen molar-refractivity contribution in [2.45, 2.75) is 20.3 Å². The predicted molar refractivity (Wildman–Crippen MR) is 70.4 cm³/mol. The molecule has 0 aliphatic carbocycles. The van der Waals surface area contributed by atoms with Crippen LogP contribution in [-0.2, 0) is 11.2 Å². The quantitative estimate of drug-likeness (QED) is 0.871. The molecule has 3 nitrogen and oxygen atoms in total. The molecule has 0 bridgehead atoms. The molecule has 17 heavy (non-hydrogen) atoms. The number of nitrogens with zero attached hydrogens (tertiary/aromatic N) is 2. The van der Waals surface area contributed by atoms with Crippen LogP contribution in [0.4, 0.5) is 0 Å². The molecule has 0 aliphatic rings. The standard InChI is InChI=1S/C13H13BrN2O/c1-9(17)7-11-8-16(15-10(11)2)13-6-4-3-5-12(13)14/h3-6,8H,7H2,1-2H3. The second-order valence-electron chi connectivity index (χ2n) is 4.01. The van der Waals surface area contributed by atoms with Crippen LogP contribution >= 0.6 is 15.9 Å². The summed E-state index contributed by atoms with van der Waals surface area (Å²) < 4.78 is 2.79. The van der Waals surface area contributed by atoms with Gasteiger partial charge >= 0.3 is 0 Å². The van der Waals surface area contributed by atoms with Gasteiger partial charge in [0, 0.05) is 22.7 Å². The maximum Gasteiger partial charge on any atom is 0.134 e. The van der Waals surface area contributed by atoms with Gasteiger partial charge in [0.2, 0.25) is 0 Å². The molecule has 0 N–H and O–H groups in total. The lowest BCUT2D eigenvalue weighted by atomic mass is 10.1. The minimum atomic E-state index is 0.153. The van der Waals surface area contributed by atoms with Gasteiger partial charge in [-0.1, -0.05) is 12.1 Å². The first-order valence-corrected chi connectivity index (χ1v) is 6.16. The molecule has 4 heteroatoms. The van der Waals surface area contributed by atoms with Gasteiger partial charge in [-0.2, -0.15) is 5.10 Å². The molecule has 0 saturated carbocycles. The Kier molecular flexibility index (Phi) is 3.43. The zero-order valence-corrected chi connectivity index (χ0v) is 11.4. The molecule has 0 aliphatic heterocycles. The minimum absolute atomic E-state index is 0.153. The van der Waals surface area contributed by atoms with Crippen molar-refractivity contribution in [3.05, 3.63) is 46.2 Å². The number of aryl methyl sites for hydroxylation is 1. The molecule has 0 radical (unpaired) electrons. The van der Waals surface area contributed by atoms with Gasteiger partial charge in [0.25, 0.3) is 0 Å².